The monoisotopic (exact) mass is 1820 g/mol. The van der Waals surface area contributed by atoms with Crippen LogP contribution in [0.3, 0.4) is 0 Å². The van der Waals surface area contributed by atoms with Crippen LogP contribution in [0, 0.1) is 0 Å². The number of furan rings is 4. The molecule has 20 aromatic carbocycles. The van der Waals surface area contributed by atoms with Gasteiger partial charge in [0.05, 0.1) is 0 Å². The molecule has 0 fully saturated rings. The van der Waals surface area contributed by atoms with Gasteiger partial charge >= 0.3 is 0 Å². The molecule has 0 unspecified atom stereocenters. The smallest absolute Gasteiger partial charge is 0.143 e. The summed E-state index contributed by atoms with van der Waals surface area (Å²) >= 11 is 14.6. The van der Waals surface area contributed by atoms with Gasteiger partial charge in [-0.2, -0.15) is 0 Å². The van der Waals surface area contributed by atoms with Crippen molar-refractivity contribution in [1.82, 2.24) is 0 Å². The van der Waals surface area contributed by atoms with Gasteiger partial charge in [-0.15, -0.1) is 0 Å². The SMILES string of the molecule is Brc1cccc(-c2cccc(-c3cccc4c3oc3c5ccccc5c5ccccc5c43)c2)c1.Brc1ccccc1-c1cccc(-c2cccc3c2oc2c4ccccc4ccc32)c1.Brc1ccccc1-c1cccc(-c2cccc3c2oc2ccc(-c4ccccc4)cc23)c1.Brc1ccccc1-c1cccc(-c2cccc3c2oc2ccccc23)c1. The Hall–Kier alpha value is -13.7. The Morgan fingerprint density at radius 1 is 0.148 bits per heavy atom. The van der Waals surface area contributed by atoms with Crippen LogP contribution in [0.4, 0.5) is 0 Å². The summed E-state index contributed by atoms with van der Waals surface area (Å²) < 4.78 is 30.2. The van der Waals surface area contributed by atoms with Crippen molar-refractivity contribution in [3.05, 3.63) is 443 Å². The summed E-state index contributed by atoms with van der Waals surface area (Å²) in [6, 6.07) is 149. The number of para-hydroxylation sites is 5. The minimum absolute atomic E-state index is 0.911. The van der Waals surface area contributed by atoms with Gasteiger partial charge in [0.15, 0.2) is 0 Å². The number of benzene rings is 20. The Bertz CT molecular complexity index is 8170. The van der Waals surface area contributed by atoms with Gasteiger partial charge in [-0.1, -0.05) is 410 Å². The van der Waals surface area contributed by atoms with Crippen LogP contribution in [-0.4, -0.2) is 0 Å². The van der Waals surface area contributed by atoms with E-state index >= 15 is 0 Å². The molecule has 24 rings (SSSR count). The third-order valence-corrected chi connectivity index (χ3v) is 25.7. The zero-order valence-electron chi connectivity index (χ0n) is 65.6. The number of rotatable bonds is 9. The van der Waals surface area contributed by atoms with E-state index in [9.17, 15) is 0 Å². The van der Waals surface area contributed by atoms with Crippen molar-refractivity contribution in [1.29, 1.82) is 0 Å². The van der Waals surface area contributed by atoms with Crippen LogP contribution in [-0.2, 0) is 0 Å². The molecule has 578 valence electrons. The Morgan fingerprint density at radius 3 is 1.01 bits per heavy atom. The second-order valence-electron chi connectivity index (χ2n) is 30.4. The molecule has 4 heterocycles. The highest BCUT2D eigenvalue weighted by Gasteiger charge is 2.22. The number of hydrogen-bond donors (Lipinski definition) is 0. The van der Waals surface area contributed by atoms with Crippen molar-refractivity contribution in [3.63, 3.8) is 0 Å². The number of hydrogen-bond acceptors (Lipinski definition) is 4. The Kier molecular flexibility index (Phi) is 20.4. The van der Waals surface area contributed by atoms with Crippen LogP contribution in [0.25, 0.3) is 220 Å². The molecule has 122 heavy (non-hydrogen) atoms. The normalized spacial score (nSPS) is 11.4. The highest BCUT2D eigenvalue weighted by Crippen LogP contribution is 2.47. The Morgan fingerprint density at radius 2 is 0.467 bits per heavy atom. The molecule has 0 aliphatic rings. The standard InChI is InChI=1S/C32H19BrO.C30H19BrO.C28H17BrO.C24H15BrO/c33-23-11-6-9-21(19-23)20-8-5-10-22(18-20)24-16-7-17-29-30-27-14-3-1-12-25(27)26-13-2-4-15-28(26)32(30)34-31(24)29;31-28-15-5-4-12-24(28)22-10-6-11-23(18-22)25-13-7-14-26-27-19-21(20-8-2-1-3-9-20)16-17-29(27)32-30(25)26;29-26-14-4-3-10-21(26)19-8-5-9-20(17-19)23-12-6-13-24-25-16-15-18-7-1-2-11-22(18)27(25)30-28(23)24;25-22-13-3-1-9-18(22)16-7-5-8-17(15-16)19-11-6-12-21-20-10-2-4-14-23(20)26-24(19)21/h1-19H;1-19H;1-17H;1-15H. The van der Waals surface area contributed by atoms with Gasteiger partial charge in [0.1, 0.15) is 44.7 Å². The first-order chi connectivity index (χ1) is 60.2. The maximum atomic E-state index is 6.72. The van der Waals surface area contributed by atoms with Gasteiger partial charge in [0, 0.05) is 94.0 Å². The molecule has 0 aliphatic carbocycles. The van der Waals surface area contributed by atoms with Gasteiger partial charge in [-0.05, 0) is 178 Å². The van der Waals surface area contributed by atoms with E-state index in [1.807, 2.05) is 36.4 Å². The van der Waals surface area contributed by atoms with Gasteiger partial charge in [0.2, 0.25) is 0 Å². The van der Waals surface area contributed by atoms with E-state index in [0.717, 1.165) is 156 Å². The van der Waals surface area contributed by atoms with Gasteiger partial charge in [-0.3, -0.25) is 0 Å². The summed E-state index contributed by atoms with van der Waals surface area (Å²) in [6.45, 7) is 0. The predicted molar refractivity (Wildman–Crippen MR) is 527 cm³/mol. The molecule has 0 bridgehead atoms. The van der Waals surface area contributed by atoms with E-state index in [4.69, 9.17) is 17.7 Å². The molecule has 8 heteroatoms. The van der Waals surface area contributed by atoms with Crippen molar-refractivity contribution in [2.45, 2.75) is 0 Å². The topological polar surface area (TPSA) is 52.6 Å². The predicted octanol–water partition coefficient (Wildman–Crippen LogP) is 35.9. The maximum Gasteiger partial charge on any atom is 0.143 e. The maximum absolute atomic E-state index is 6.72. The molecule has 0 saturated carbocycles. The fourth-order valence-corrected chi connectivity index (χ4v) is 19.3. The zero-order chi connectivity index (χ0) is 81.7. The first kappa shape index (κ1) is 75.7. The van der Waals surface area contributed by atoms with Crippen LogP contribution in [0.5, 0.6) is 0 Å². The van der Waals surface area contributed by atoms with E-state index in [1.54, 1.807) is 0 Å². The third-order valence-electron chi connectivity index (χ3n) is 23.2. The molecular weight excluding hydrogens is 1750 g/mol. The molecule has 0 aliphatic heterocycles. The van der Waals surface area contributed by atoms with Crippen LogP contribution < -0.4 is 0 Å². The molecule has 4 nitrogen and oxygen atoms in total. The van der Waals surface area contributed by atoms with Crippen molar-refractivity contribution < 1.29 is 17.7 Å². The molecule has 0 atom stereocenters. The average molecular weight is 1820 g/mol. The summed E-state index contributed by atoms with van der Waals surface area (Å²) in [5.41, 5.74) is 28.4. The first-order valence-corrected chi connectivity index (χ1v) is 43.7. The molecule has 0 N–H and O–H groups in total. The summed E-state index contributed by atoms with van der Waals surface area (Å²) in [6.07, 6.45) is 0. The van der Waals surface area contributed by atoms with Crippen LogP contribution in [0.15, 0.2) is 460 Å². The van der Waals surface area contributed by atoms with Crippen LogP contribution in [0.1, 0.15) is 0 Å². The molecule has 0 amide bonds. The third kappa shape index (κ3) is 14.3. The largest absolute Gasteiger partial charge is 0.455 e. The van der Waals surface area contributed by atoms with Crippen molar-refractivity contribution >= 4 is 184 Å². The second kappa shape index (κ2) is 32.8. The minimum Gasteiger partial charge on any atom is -0.455 e. The number of halogens is 4. The lowest BCUT2D eigenvalue weighted by molar-refractivity contribution is 0.669. The van der Waals surface area contributed by atoms with Gasteiger partial charge < -0.3 is 17.7 Å². The Balaban J connectivity index is 0.000000101. The van der Waals surface area contributed by atoms with E-state index in [-0.39, 0.29) is 0 Å². The fourth-order valence-electron chi connectivity index (χ4n) is 17.4. The van der Waals surface area contributed by atoms with Crippen molar-refractivity contribution in [2.24, 2.45) is 0 Å². The molecule has 0 radical (unpaired) electrons. The number of fused-ring (bicyclic) bond motifs is 19. The summed E-state index contributed by atoms with van der Waals surface area (Å²) in [5.74, 6) is 0. The minimum atomic E-state index is 0.911. The lowest BCUT2D eigenvalue weighted by Crippen LogP contribution is -1.83. The van der Waals surface area contributed by atoms with Gasteiger partial charge in [0.25, 0.3) is 0 Å². The molecule has 4 aromatic heterocycles. The first-order valence-electron chi connectivity index (χ1n) is 40.6. The second-order valence-corrected chi connectivity index (χ2v) is 33.9. The van der Waals surface area contributed by atoms with Crippen LogP contribution >= 0.6 is 63.7 Å². The van der Waals surface area contributed by atoms with Gasteiger partial charge in [-0.25, -0.2) is 0 Å². The summed E-state index contributed by atoms with van der Waals surface area (Å²) in [7, 11) is 0. The summed E-state index contributed by atoms with van der Waals surface area (Å²) in [5, 5.41) is 16.5. The van der Waals surface area contributed by atoms with E-state index in [0.29, 0.717) is 0 Å². The lowest BCUT2D eigenvalue weighted by atomic mass is 9.95. The highest BCUT2D eigenvalue weighted by atomic mass is 79.9. The van der Waals surface area contributed by atoms with E-state index in [2.05, 4.69) is 452 Å². The van der Waals surface area contributed by atoms with Crippen molar-refractivity contribution in [3.8, 4) is 100 Å². The van der Waals surface area contributed by atoms with E-state index in [1.165, 1.54) is 82.6 Å². The molecule has 0 saturated heterocycles. The zero-order valence-corrected chi connectivity index (χ0v) is 71.9. The quantitative estimate of drug-likeness (QED) is 0.135. The fraction of sp³-hybridized carbons (Fsp3) is 0. The van der Waals surface area contributed by atoms with Crippen molar-refractivity contribution in [2.75, 3.05) is 0 Å². The molecular formula is C114H70Br4O4. The van der Waals surface area contributed by atoms with Crippen LogP contribution in [0.2, 0.25) is 0 Å². The molecule has 24 aromatic rings. The molecule has 0 spiro atoms. The summed E-state index contributed by atoms with van der Waals surface area (Å²) in [4.78, 5) is 0. The van der Waals surface area contributed by atoms with E-state index < -0.39 is 0 Å². The Labute approximate surface area is 737 Å². The lowest BCUT2D eigenvalue weighted by Gasteiger charge is -2.08. The highest BCUT2D eigenvalue weighted by molar-refractivity contribution is 9.11. The average Bonchev–Trinajstić information content (AvgIpc) is 1.56.